The average Bonchev–Trinajstić information content (AvgIpc) is 3.00. The number of carbonyl (C=O) groups is 1. The van der Waals surface area contributed by atoms with E-state index in [-0.39, 0.29) is 16.6 Å². The van der Waals surface area contributed by atoms with Gasteiger partial charge in [-0.05, 0) is 18.9 Å². The Bertz CT molecular complexity index is 794. The van der Waals surface area contributed by atoms with Crippen molar-refractivity contribution >= 4 is 17.5 Å². The third-order valence-electron chi connectivity index (χ3n) is 4.66. The molecule has 10 heteroatoms. The molecule has 142 valence electrons. The summed E-state index contributed by atoms with van der Waals surface area (Å²) in [6.07, 6.45) is -0.0718. The van der Waals surface area contributed by atoms with E-state index >= 15 is 0 Å². The van der Waals surface area contributed by atoms with Crippen molar-refractivity contribution in [3.63, 3.8) is 0 Å². The van der Waals surface area contributed by atoms with Crippen LogP contribution >= 0.6 is 11.6 Å². The Morgan fingerprint density at radius 1 is 1.23 bits per heavy atom. The Morgan fingerprint density at radius 2 is 1.96 bits per heavy atom. The number of rotatable bonds is 2. The zero-order valence-corrected chi connectivity index (χ0v) is 15.2. The molecular formula is C16H19ClF3N5O. The predicted octanol–water partition coefficient (Wildman–Crippen LogP) is 3.58. The lowest BCUT2D eigenvalue weighted by atomic mass is 10.1. The normalized spacial score (nSPS) is 18.8. The predicted molar refractivity (Wildman–Crippen MR) is 88.7 cm³/mol. The van der Waals surface area contributed by atoms with Crippen LogP contribution in [-0.2, 0) is 20.3 Å². The molecule has 1 fully saturated rings. The second kappa shape index (κ2) is 6.94. The highest BCUT2D eigenvalue weighted by Crippen LogP contribution is 2.35. The molecule has 0 unspecified atom stereocenters. The monoisotopic (exact) mass is 389 g/mol. The molecule has 0 saturated carbocycles. The summed E-state index contributed by atoms with van der Waals surface area (Å²) in [7, 11) is 3.08. The molecule has 2 aromatic heterocycles. The fourth-order valence-electron chi connectivity index (χ4n) is 3.38. The number of amides is 1. The number of hydrogen-bond acceptors (Lipinski definition) is 3. The summed E-state index contributed by atoms with van der Waals surface area (Å²) < 4.78 is 41.7. The number of nitrogens with zero attached hydrogens (tertiary/aromatic N) is 5. The lowest BCUT2D eigenvalue weighted by Gasteiger charge is -2.30. The van der Waals surface area contributed by atoms with Gasteiger partial charge in [0, 0.05) is 20.6 Å². The van der Waals surface area contributed by atoms with Crippen LogP contribution in [0.25, 0.3) is 0 Å². The van der Waals surface area contributed by atoms with Crippen molar-refractivity contribution in [3.05, 3.63) is 34.4 Å². The average molecular weight is 390 g/mol. The quantitative estimate of drug-likeness (QED) is 0.788. The van der Waals surface area contributed by atoms with Gasteiger partial charge < -0.3 is 4.90 Å². The molecule has 1 aliphatic heterocycles. The molecule has 26 heavy (non-hydrogen) atoms. The van der Waals surface area contributed by atoms with Gasteiger partial charge in [0.05, 0.1) is 23.0 Å². The van der Waals surface area contributed by atoms with Gasteiger partial charge in [-0.25, -0.2) is 0 Å². The molecule has 6 nitrogen and oxygen atoms in total. The second-order valence-electron chi connectivity index (χ2n) is 6.40. The largest absolute Gasteiger partial charge is 0.435 e. The molecule has 1 amide bonds. The van der Waals surface area contributed by atoms with Crippen molar-refractivity contribution in [1.82, 2.24) is 24.5 Å². The van der Waals surface area contributed by atoms with Gasteiger partial charge in [-0.3, -0.25) is 14.2 Å². The fourth-order valence-corrected chi connectivity index (χ4v) is 3.63. The van der Waals surface area contributed by atoms with Gasteiger partial charge in [0.25, 0.3) is 5.91 Å². The van der Waals surface area contributed by atoms with Crippen LogP contribution in [0.1, 0.15) is 53.6 Å². The smallest absolute Gasteiger partial charge is 0.329 e. The standard InChI is InChI=1S/C16H19ClF3N5O/c1-23-12(8-13(22-23)16(18,19)20)11-6-4-3-5-7-25(11)15(26)14-10(17)9-21-24(14)2/h8-9,11H,3-7H2,1-2H3/t11-/m0/s1. The molecule has 3 heterocycles. The highest BCUT2D eigenvalue weighted by molar-refractivity contribution is 6.33. The Labute approximate surface area is 153 Å². The lowest BCUT2D eigenvalue weighted by Crippen LogP contribution is -2.37. The van der Waals surface area contributed by atoms with Crippen molar-refractivity contribution in [2.24, 2.45) is 14.1 Å². The maximum absolute atomic E-state index is 13.1. The fraction of sp³-hybridized carbons (Fsp3) is 0.562. The summed E-state index contributed by atoms with van der Waals surface area (Å²) in [6, 6.07) is 0.533. The Hall–Kier alpha value is -2.03. The van der Waals surface area contributed by atoms with E-state index in [9.17, 15) is 18.0 Å². The van der Waals surface area contributed by atoms with E-state index < -0.39 is 17.9 Å². The Balaban J connectivity index is 2.01. The van der Waals surface area contributed by atoms with E-state index in [2.05, 4.69) is 10.2 Å². The number of alkyl halides is 3. The van der Waals surface area contributed by atoms with E-state index in [1.165, 1.54) is 22.6 Å². The van der Waals surface area contributed by atoms with Crippen molar-refractivity contribution in [2.45, 2.75) is 37.9 Å². The van der Waals surface area contributed by atoms with Gasteiger partial charge in [0.15, 0.2) is 5.69 Å². The first-order valence-corrected chi connectivity index (χ1v) is 8.67. The van der Waals surface area contributed by atoms with Crippen LogP contribution in [-0.4, -0.2) is 36.9 Å². The van der Waals surface area contributed by atoms with Crippen LogP contribution in [0.15, 0.2) is 12.3 Å². The molecular weight excluding hydrogens is 371 g/mol. The topological polar surface area (TPSA) is 56.0 Å². The van der Waals surface area contributed by atoms with E-state index in [1.807, 2.05) is 0 Å². The summed E-state index contributed by atoms with van der Waals surface area (Å²) in [4.78, 5) is 14.7. The maximum Gasteiger partial charge on any atom is 0.435 e. The third-order valence-corrected chi connectivity index (χ3v) is 4.93. The molecule has 0 aliphatic carbocycles. The SMILES string of the molecule is Cn1nc(C(F)(F)F)cc1[C@@H]1CCCCCN1C(=O)c1c(Cl)cnn1C. The summed E-state index contributed by atoms with van der Waals surface area (Å²) >= 11 is 6.09. The first kappa shape index (κ1) is 18.8. The highest BCUT2D eigenvalue weighted by Gasteiger charge is 2.38. The second-order valence-corrected chi connectivity index (χ2v) is 6.81. The lowest BCUT2D eigenvalue weighted by molar-refractivity contribution is -0.141. The molecule has 2 aromatic rings. The first-order valence-electron chi connectivity index (χ1n) is 8.29. The number of aromatic nitrogens is 4. The molecule has 0 bridgehead atoms. The van der Waals surface area contributed by atoms with Crippen LogP contribution < -0.4 is 0 Å². The van der Waals surface area contributed by atoms with Gasteiger partial charge in [-0.1, -0.05) is 24.4 Å². The zero-order chi connectivity index (χ0) is 19.1. The molecule has 0 aromatic carbocycles. The van der Waals surface area contributed by atoms with Crippen molar-refractivity contribution in [3.8, 4) is 0 Å². The molecule has 0 radical (unpaired) electrons. The van der Waals surface area contributed by atoms with Crippen LogP contribution in [0.3, 0.4) is 0 Å². The molecule has 1 aliphatic rings. The third kappa shape index (κ3) is 3.44. The number of aryl methyl sites for hydroxylation is 2. The van der Waals surface area contributed by atoms with E-state index in [0.29, 0.717) is 18.7 Å². The minimum atomic E-state index is -4.53. The highest BCUT2D eigenvalue weighted by atomic mass is 35.5. The number of hydrogen-bond donors (Lipinski definition) is 0. The van der Waals surface area contributed by atoms with Crippen LogP contribution in [0, 0.1) is 0 Å². The molecule has 0 N–H and O–H groups in total. The van der Waals surface area contributed by atoms with Crippen molar-refractivity contribution < 1.29 is 18.0 Å². The van der Waals surface area contributed by atoms with E-state index in [0.717, 1.165) is 25.3 Å². The van der Waals surface area contributed by atoms with E-state index in [1.54, 1.807) is 11.9 Å². The van der Waals surface area contributed by atoms with Gasteiger partial charge in [-0.15, -0.1) is 0 Å². The molecule has 0 spiro atoms. The number of carbonyl (C=O) groups excluding carboxylic acids is 1. The van der Waals surface area contributed by atoms with Gasteiger partial charge >= 0.3 is 6.18 Å². The minimum absolute atomic E-state index is 0.224. The molecule has 1 atom stereocenters. The number of likely N-dealkylation sites (tertiary alicyclic amines) is 1. The van der Waals surface area contributed by atoms with E-state index in [4.69, 9.17) is 11.6 Å². The van der Waals surface area contributed by atoms with Gasteiger partial charge in [0.2, 0.25) is 0 Å². The summed E-state index contributed by atoms with van der Waals surface area (Å²) in [5.74, 6) is -0.336. The maximum atomic E-state index is 13.1. The Morgan fingerprint density at radius 3 is 2.54 bits per heavy atom. The van der Waals surface area contributed by atoms with Crippen LogP contribution in [0.4, 0.5) is 13.2 Å². The number of halogens is 4. The zero-order valence-electron chi connectivity index (χ0n) is 14.4. The Kier molecular flexibility index (Phi) is 5.01. The molecule has 3 rings (SSSR count). The summed E-state index contributed by atoms with van der Waals surface area (Å²) in [5.41, 5.74) is -0.354. The molecule has 1 saturated heterocycles. The van der Waals surface area contributed by atoms with Crippen LogP contribution in [0.2, 0.25) is 5.02 Å². The summed E-state index contributed by atoms with van der Waals surface area (Å²) in [5, 5.41) is 7.79. The summed E-state index contributed by atoms with van der Waals surface area (Å²) in [6.45, 7) is 0.442. The van der Waals surface area contributed by atoms with Crippen LogP contribution in [0.5, 0.6) is 0 Å². The van der Waals surface area contributed by atoms with Gasteiger partial charge in [0.1, 0.15) is 5.69 Å². The van der Waals surface area contributed by atoms with Gasteiger partial charge in [-0.2, -0.15) is 23.4 Å². The van der Waals surface area contributed by atoms with Crippen molar-refractivity contribution in [2.75, 3.05) is 6.54 Å². The minimum Gasteiger partial charge on any atom is -0.329 e. The first-order chi connectivity index (χ1) is 12.2. The van der Waals surface area contributed by atoms with Crippen molar-refractivity contribution in [1.29, 1.82) is 0 Å².